The summed E-state index contributed by atoms with van der Waals surface area (Å²) in [5, 5.41) is 12.3. The maximum atomic E-state index is 11.2. The summed E-state index contributed by atoms with van der Waals surface area (Å²) in [6.07, 6.45) is 4.82. The van der Waals surface area contributed by atoms with Crippen LogP contribution in [0.2, 0.25) is 0 Å². The lowest BCUT2D eigenvalue weighted by Crippen LogP contribution is -2.52. The largest absolute Gasteiger partial charge is 0.480 e. The lowest BCUT2D eigenvalue weighted by Gasteiger charge is -2.28. The standard InChI is InChI=1S/C11H23NO2S/c1-9(2)12-11(3,10(13)14)7-5-6-8-15-4/h9,12H,5-8H2,1-4H3,(H,13,14). The quantitative estimate of drug-likeness (QED) is 0.632. The Morgan fingerprint density at radius 2 is 2.07 bits per heavy atom. The van der Waals surface area contributed by atoms with Crippen LogP contribution in [-0.2, 0) is 4.79 Å². The predicted octanol–water partition coefficient (Wildman–Crippen LogP) is 2.36. The molecule has 1 unspecified atom stereocenters. The van der Waals surface area contributed by atoms with Crippen LogP contribution in [0.3, 0.4) is 0 Å². The number of hydrogen-bond acceptors (Lipinski definition) is 3. The van der Waals surface area contributed by atoms with Crippen molar-refractivity contribution in [1.82, 2.24) is 5.32 Å². The Bertz CT molecular complexity index is 197. The van der Waals surface area contributed by atoms with Crippen molar-refractivity contribution < 1.29 is 9.90 Å². The second kappa shape index (κ2) is 7.12. The van der Waals surface area contributed by atoms with Crippen LogP contribution in [-0.4, -0.2) is 34.7 Å². The SMILES string of the molecule is CSCCCCC(C)(NC(C)C)C(=O)O. The number of carbonyl (C=O) groups is 1. The molecular weight excluding hydrogens is 210 g/mol. The van der Waals surface area contributed by atoms with Crippen molar-refractivity contribution in [3.05, 3.63) is 0 Å². The fourth-order valence-corrected chi connectivity index (χ4v) is 2.10. The van der Waals surface area contributed by atoms with Crippen molar-refractivity contribution in [3.8, 4) is 0 Å². The van der Waals surface area contributed by atoms with Gasteiger partial charge in [-0.3, -0.25) is 10.1 Å². The summed E-state index contributed by atoms with van der Waals surface area (Å²) in [7, 11) is 0. The lowest BCUT2D eigenvalue weighted by atomic mass is 9.94. The van der Waals surface area contributed by atoms with Gasteiger partial charge in [0.15, 0.2) is 0 Å². The Hall–Kier alpha value is -0.220. The third-order valence-electron chi connectivity index (χ3n) is 2.35. The number of thioether (sulfide) groups is 1. The monoisotopic (exact) mass is 233 g/mol. The van der Waals surface area contributed by atoms with Gasteiger partial charge in [-0.15, -0.1) is 0 Å². The Labute approximate surface area is 97.0 Å². The summed E-state index contributed by atoms with van der Waals surface area (Å²) in [6.45, 7) is 5.72. The minimum atomic E-state index is -0.771. The molecule has 3 nitrogen and oxygen atoms in total. The first-order valence-corrected chi connectivity index (χ1v) is 6.82. The van der Waals surface area contributed by atoms with E-state index in [-0.39, 0.29) is 6.04 Å². The molecular formula is C11H23NO2S. The molecule has 2 N–H and O–H groups in total. The number of unbranched alkanes of at least 4 members (excludes halogenated alkanes) is 1. The highest BCUT2D eigenvalue weighted by Gasteiger charge is 2.32. The summed E-state index contributed by atoms with van der Waals surface area (Å²) in [5.41, 5.74) is -0.771. The molecule has 0 amide bonds. The van der Waals surface area contributed by atoms with E-state index in [2.05, 4.69) is 11.6 Å². The van der Waals surface area contributed by atoms with Crippen molar-refractivity contribution >= 4 is 17.7 Å². The maximum absolute atomic E-state index is 11.2. The van der Waals surface area contributed by atoms with Gasteiger partial charge in [0.1, 0.15) is 5.54 Å². The molecule has 0 fully saturated rings. The molecule has 0 spiro atoms. The van der Waals surface area contributed by atoms with Crippen molar-refractivity contribution in [1.29, 1.82) is 0 Å². The molecule has 0 aromatic rings. The van der Waals surface area contributed by atoms with Crippen LogP contribution < -0.4 is 5.32 Å². The summed E-state index contributed by atoms with van der Waals surface area (Å²) in [5.74, 6) is 0.359. The molecule has 0 aromatic carbocycles. The molecule has 0 saturated heterocycles. The van der Waals surface area contributed by atoms with Crippen LogP contribution in [0.4, 0.5) is 0 Å². The molecule has 0 bridgehead atoms. The molecule has 4 heteroatoms. The van der Waals surface area contributed by atoms with Gasteiger partial charge in [0, 0.05) is 6.04 Å². The average molecular weight is 233 g/mol. The average Bonchev–Trinajstić information content (AvgIpc) is 2.11. The van der Waals surface area contributed by atoms with Gasteiger partial charge in [-0.25, -0.2) is 0 Å². The second-order valence-corrected chi connectivity index (χ2v) is 5.37. The Balaban J connectivity index is 4.08. The van der Waals surface area contributed by atoms with E-state index in [1.54, 1.807) is 18.7 Å². The zero-order valence-corrected chi connectivity index (χ0v) is 11.0. The second-order valence-electron chi connectivity index (χ2n) is 4.39. The normalized spacial score (nSPS) is 15.3. The minimum Gasteiger partial charge on any atom is -0.480 e. The molecule has 0 aromatic heterocycles. The van der Waals surface area contributed by atoms with Crippen molar-refractivity contribution in [2.75, 3.05) is 12.0 Å². The summed E-state index contributed by atoms with van der Waals surface area (Å²) >= 11 is 1.81. The molecule has 0 heterocycles. The molecule has 0 aliphatic rings. The Morgan fingerprint density at radius 3 is 2.47 bits per heavy atom. The van der Waals surface area contributed by atoms with Crippen LogP contribution in [0.25, 0.3) is 0 Å². The number of carboxylic acids is 1. The highest BCUT2D eigenvalue weighted by molar-refractivity contribution is 7.98. The molecule has 15 heavy (non-hydrogen) atoms. The topological polar surface area (TPSA) is 49.3 Å². The van der Waals surface area contributed by atoms with E-state index in [1.807, 2.05) is 13.8 Å². The van der Waals surface area contributed by atoms with E-state index in [0.717, 1.165) is 18.6 Å². The fourth-order valence-electron chi connectivity index (χ4n) is 1.60. The van der Waals surface area contributed by atoms with Gasteiger partial charge in [0.05, 0.1) is 0 Å². The van der Waals surface area contributed by atoms with Crippen LogP contribution in [0.5, 0.6) is 0 Å². The van der Waals surface area contributed by atoms with Gasteiger partial charge in [-0.05, 0) is 45.6 Å². The smallest absolute Gasteiger partial charge is 0.323 e. The third-order valence-corrected chi connectivity index (χ3v) is 3.05. The summed E-state index contributed by atoms with van der Waals surface area (Å²) in [6, 6.07) is 0.201. The van der Waals surface area contributed by atoms with Crippen LogP contribution in [0, 0.1) is 0 Å². The van der Waals surface area contributed by atoms with Gasteiger partial charge in [0.25, 0.3) is 0 Å². The molecule has 0 aliphatic heterocycles. The zero-order chi connectivity index (χ0) is 11.9. The van der Waals surface area contributed by atoms with Gasteiger partial charge in [-0.1, -0.05) is 6.42 Å². The molecule has 0 aliphatic carbocycles. The number of carboxylic acid groups (broad SMARTS) is 1. The van der Waals surface area contributed by atoms with E-state index in [0.29, 0.717) is 6.42 Å². The van der Waals surface area contributed by atoms with E-state index >= 15 is 0 Å². The van der Waals surface area contributed by atoms with Crippen molar-refractivity contribution in [2.45, 2.75) is 51.6 Å². The van der Waals surface area contributed by atoms with Crippen LogP contribution in [0.15, 0.2) is 0 Å². The Morgan fingerprint density at radius 1 is 1.47 bits per heavy atom. The van der Waals surface area contributed by atoms with E-state index in [9.17, 15) is 9.90 Å². The molecule has 0 radical (unpaired) electrons. The highest BCUT2D eigenvalue weighted by atomic mass is 32.2. The fraction of sp³-hybridized carbons (Fsp3) is 0.909. The minimum absolute atomic E-state index is 0.201. The molecule has 0 rings (SSSR count). The van der Waals surface area contributed by atoms with Crippen LogP contribution in [0.1, 0.15) is 40.0 Å². The summed E-state index contributed by atoms with van der Waals surface area (Å²) < 4.78 is 0. The lowest BCUT2D eigenvalue weighted by molar-refractivity contribution is -0.144. The first kappa shape index (κ1) is 14.8. The number of rotatable bonds is 8. The van der Waals surface area contributed by atoms with E-state index < -0.39 is 11.5 Å². The highest BCUT2D eigenvalue weighted by Crippen LogP contribution is 2.16. The molecule has 0 saturated carbocycles. The van der Waals surface area contributed by atoms with E-state index in [1.165, 1.54) is 0 Å². The van der Waals surface area contributed by atoms with Gasteiger partial charge < -0.3 is 5.11 Å². The van der Waals surface area contributed by atoms with Gasteiger partial charge >= 0.3 is 5.97 Å². The zero-order valence-electron chi connectivity index (χ0n) is 10.2. The van der Waals surface area contributed by atoms with Gasteiger partial charge in [-0.2, -0.15) is 11.8 Å². The van der Waals surface area contributed by atoms with E-state index in [4.69, 9.17) is 0 Å². The predicted molar refractivity (Wildman–Crippen MR) is 66.5 cm³/mol. The van der Waals surface area contributed by atoms with Crippen LogP contribution >= 0.6 is 11.8 Å². The van der Waals surface area contributed by atoms with Crippen molar-refractivity contribution in [3.63, 3.8) is 0 Å². The summed E-state index contributed by atoms with van der Waals surface area (Å²) in [4.78, 5) is 11.2. The maximum Gasteiger partial charge on any atom is 0.323 e. The molecule has 90 valence electrons. The third kappa shape index (κ3) is 6.05. The number of hydrogen-bond donors (Lipinski definition) is 2. The Kier molecular flexibility index (Phi) is 7.02. The first-order chi connectivity index (χ1) is 6.92. The number of nitrogens with one attached hydrogen (secondary N) is 1. The first-order valence-electron chi connectivity index (χ1n) is 5.42. The van der Waals surface area contributed by atoms with Gasteiger partial charge in [0.2, 0.25) is 0 Å². The molecule has 1 atom stereocenters. The number of aliphatic carboxylic acids is 1. The van der Waals surface area contributed by atoms with Crippen molar-refractivity contribution in [2.24, 2.45) is 0 Å².